The minimum absolute atomic E-state index is 0.119. The van der Waals surface area contributed by atoms with Gasteiger partial charge in [-0.05, 0) is 24.1 Å². The third-order valence-corrected chi connectivity index (χ3v) is 4.20. The number of methoxy groups -OCH3 is 1. The Morgan fingerprint density at radius 3 is 2.58 bits per heavy atom. The number of aromatic nitrogens is 3. The van der Waals surface area contributed by atoms with Crippen LogP contribution in [0.3, 0.4) is 0 Å². The van der Waals surface area contributed by atoms with Gasteiger partial charge in [0.15, 0.2) is 11.5 Å². The quantitative estimate of drug-likeness (QED) is 0.709. The Morgan fingerprint density at radius 1 is 1.15 bits per heavy atom. The van der Waals surface area contributed by atoms with E-state index in [1.807, 2.05) is 55.5 Å². The number of nitrogens with zero attached hydrogens (tertiary/aromatic N) is 3. The number of nitrogen functional groups attached to an aromatic ring is 1. The van der Waals surface area contributed by atoms with Crippen LogP contribution in [0.5, 0.6) is 5.75 Å². The van der Waals surface area contributed by atoms with Crippen molar-refractivity contribution in [1.82, 2.24) is 20.3 Å². The first kappa shape index (κ1) is 17.5. The lowest BCUT2D eigenvalue weighted by Crippen LogP contribution is -2.24. The molecule has 0 unspecified atom stereocenters. The lowest BCUT2D eigenvalue weighted by Gasteiger charge is -2.09. The lowest BCUT2D eigenvalue weighted by molar-refractivity contribution is 0.0946. The zero-order valence-electron chi connectivity index (χ0n) is 14.8. The number of para-hydroxylation sites is 1. The van der Waals surface area contributed by atoms with Crippen molar-refractivity contribution in [3.63, 3.8) is 0 Å². The maximum absolute atomic E-state index is 12.4. The highest BCUT2D eigenvalue weighted by atomic mass is 16.5. The molecule has 3 N–H and O–H groups in total. The number of carbonyl (C=O) groups is 1. The van der Waals surface area contributed by atoms with Gasteiger partial charge in [-0.15, -0.1) is 5.10 Å². The second kappa shape index (κ2) is 7.69. The van der Waals surface area contributed by atoms with Crippen LogP contribution >= 0.6 is 0 Å². The molecule has 1 heterocycles. The summed E-state index contributed by atoms with van der Waals surface area (Å²) in [5, 5.41) is 10.8. The summed E-state index contributed by atoms with van der Waals surface area (Å²) < 4.78 is 6.81. The van der Waals surface area contributed by atoms with Crippen molar-refractivity contribution in [2.24, 2.45) is 0 Å². The molecule has 0 radical (unpaired) electrons. The molecule has 3 rings (SSSR count). The molecule has 1 aromatic heterocycles. The number of carbonyl (C=O) groups excluding carboxylic acids is 1. The largest absolute Gasteiger partial charge is 0.496 e. The number of rotatable bonds is 6. The fourth-order valence-electron chi connectivity index (χ4n) is 2.66. The van der Waals surface area contributed by atoms with Crippen molar-refractivity contribution < 1.29 is 9.53 Å². The highest BCUT2D eigenvalue weighted by Gasteiger charge is 2.18. The minimum atomic E-state index is -0.371. The van der Waals surface area contributed by atoms with Gasteiger partial charge in [0.1, 0.15) is 5.75 Å². The molecule has 7 heteroatoms. The summed E-state index contributed by atoms with van der Waals surface area (Å²) in [6.07, 6.45) is 0. The molecule has 134 valence electrons. The summed E-state index contributed by atoms with van der Waals surface area (Å²) >= 11 is 0. The molecule has 0 spiro atoms. The van der Waals surface area contributed by atoms with Crippen LogP contribution in [0.4, 0.5) is 5.82 Å². The van der Waals surface area contributed by atoms with Crippen molar-refractivity contribution in [2.75, 3.05) is 12.8 Å². The summed E-state index contributed by atoms with van der Waals surface area (Å²) in [7, 11) is 1.59. The SMILES string of the molecule is COc1ccccc1CNC(=O)c1nnn(Cc2ccccc2C)c1N. The van der Waals surface area contributed by atoms with Gasteiger partial charge in [0, 0.05) is 12.1 Å². The highest BCUT2D eigenvalue weighted by molar-refractivity contribution is 5.96. The topological polar surface area (TPSA) is 95.1 Å². The van der Waals surface area contributed by atoms with Crippen LogP contribution < -0.4 is 15.8 Å². The molecule has 0 aliphatic rings. The summed E-state index contributed by atoms with van der Waals surface area (Å²) in [6, 6.07) is 15.4. The standard InChI is InChI=1S/C19H21N5O2/c1-13-7-3-4-9-15(13)12-24-18(20)17(22-23-24)19(25)21-11-14-8-5-6-10-16(14)26-2/h3-10H,11-12,20H2,1-2H3,(H,21,25). The number of nitrogens with two attached hydrogens (primary N) is 1. The zero-order chi connectivity index (χ0) is 18.5. The van der Waals surface area contributed by atoms with Gasteiger partial charge in [-0.2, -0.15) is 0 Å². The van der Waals surface area contributed by atoms with Gasteiger partial charge in [0.05, 0.1) is 13.7 Å². The average molecular weight is 351 g/mol. The molecule has 0 saturated heterocycles. The number of benzene rings is 2. The van der Waals surface area contributed by atoms with Crippen molar-refractivity contribution in [1.29, 1.82) is 0 Å². The molecule has 26 heavy (non-hydrogen) atoms. The van der Waals surface area contributed by atoms with Crippen molar-refractivity contribution in [3.05, 3.63) is 70.9 Å². The first-order valence-corrected chi connectivity index (χ1v) is 8.23. The second-order valence-corrected chi connectivity index (χ2v) is 5.90. The van der Waals surface area contributed by atoms with E-state index >= 15 is 0 Å². The van der Waals surface area contributed by atoms with E-state index < -0.39 is 0 Å². The van der Waals surface area contributed by atoms with Crippen LogP contribution in [0.15, 0.2) is 48.5 Å². The fourth-order valence-corrected chi connectivity index (χ4v) is 2.66. The number of amides is 1. The number of anilines is 1. The molecule has 2 aromatic carbocycles. The first-order chi connectivity index (χ1) is 12.6. The predicted molar refractivity (Wildman–Crippen MR) is 98.9 cm³/mol. The first-order valence-electron chi connectivity index (χ1n) is 8.23. The molecule has 0 aliphatic heterocycles. The van der Waals surface area contributed by atoms with Gasteiger partial charge < -0.3 is 15.8 Å². The Morgan fingerprint density at radius 2 is 1.85 bits per heavy atom. The molecule has 0 bridgehead atoms. The molecule has 3 aromatic rings. The van der Waals surface area contributed by atoms with Crippen LogP contribution in [0, 0.1) is 6.92 Å². The molecule has 7 nitrogen and oxygen atoms in total. The number of ether oxygens (including phenoxy) is 1. The maximum atomic E-state index is 12.4. The van der Waals surface area contributed by atoms with Crippen molar-refractivity contribution >= 4 is 11.7 Å². The Balaban J connectivity index is 1.71. The minimum Gasteiger partial charge on any atom is -0.496 e. The smallest absolute Gasteiger partial charge is 0.275 e. The van der Waals surface area contributed by atoms with Gasteiger partial charge in [-0.25, -0.2) is 4.68 Å². The second-order valence-electron chi connectivity index (χ2n) is 5.90. The average Bonchev–Trinajstić information content (AvgIpc) is 3.02. The lowest BCUT2D eigenvalue weighted by atomic mass is 10.1. The molecule has 0 fully saturated rings. The molecule has 0 aliphatic carbocycles. The van der Waals surface area contributed by atoms with E-state index in [1.54, 1.807) is 7.11 Å². The molecular weight excluding hydrogens is 330 g/mol. The number of aryl methyl sites for hydroxylation is 1. The van der Waals surface area contributed by atoms with Crippen LogP contribution in [0.25, 0.3) is 0 Å². The van der Waals surface area contributed by atoms with Gasteiger partial charge in [0.2, 0.25) is 0 Å². The van der Waals surface area contributed by atoms with E-state index in [0.29, 0.717) is 18.8 Å². The summed E-state index contributed by atoms with van der Waals surface area (Å²) in [4.78, 5) is 12.4. The van der Waals surface area contributed by atoms with Crippen LogP contribution in [-0.4, -0.2) is 28.0 Å². The predicted octanol–water partition coefficient (Wildman–Crippen LogP) is 2.16. The van der Waals surface area contributed by atoms with Crippen molar-refractivity contribution in [3.8, 4) is 5.75 Å². The van der Waals surface area contributed by atoms with Crippen LogP contribution in [-0.2, 0) is 13.1 Å². The maximum Gasteiger partial charge on any atom is 0.275 e. The van der Waals surface area contributed by atoms with Gasteiger partial charge in [0.25, 0.3) is 5.91 Å². The van der Waals surface area contributed by atoms with E-state index in [-0.39, 0.29) is 17.4 Å². The zero-order valence-corrected chi connectivity index (χ0v) is 14.8. The number of hydrogen-bond acceptors (Lipinski definition) is 5. The molecule has 1 amide bonds. The molecule has 0 saturated carbocycles. The van der Waals surface area contributed by atoms with Gasteiger partial charge >= 0.3 is 0 Å². The Bertz CT molecular complexity index is 920. The van der Waals surface area contributed by atoms with E-state index in [4.69, 9.17) is 10.5 Å². The van der Waals surface area contributed by atoms with Crippen LogP contribution in [0.1, 0.15) is 27.2 Å². The Hall–Kier alpha value is -3.35. The third-order valence-electron chi connectivity index (χ3n) is 4.20. The summed E-state index contributed by atoms with van der Waals surface area (Å²) in [5.74, 6) is 0.583. The van der Waals surface area contributed by atoms with Crippen molar-refractivity contribution in [2.45, 2.75) is 20.0 Å². The number of hydrogen-bond donors (Lipinski definition) is 2. The van der Waals surface area contributed by atoms with Gasteiger partial charge in [-0.3, -0.25) is 4.79 Å². The monoisotopic (exact) mass is 351 g/mol. The summed E-state index contributed by atoms with van der Waals surface area (Å²) in [6.45, 7) is 2.79. The van der Waals surface area contributed by atoms with E-state index in [1.165, 1.54) is 4.68 Å². The van der Waals surface area contributed by atoms with Crippen LogP contribution in [0.2, 0.25) is 0 Å². The highest BCUT2D eigenvalue weighted by Crippen LogP contribution is 2.17. The van der Waals surface area contributed by atoms with E-state index in [0.717, 1.165) is 16.7 Å². The van der Waals surface area contributed by atoms with Gasteiger partial charge in [-0.1, -0.05) is 47.7 Å². The number of nitrogens with one attached hydrogen (secondary N) is 1. The fraction of sp³-hybridized carbons (Fsp3) is 0.211. The Kier molecular flexibility index (Phi) is 5.17. The molecular formula is C19H21N5O2. The van der Waals surface area contributed by atoms with E-state index in [2.05, 4.69) is 15.6 Å². The normalized spacial score (nSPS) is 10.5. The Labute approximate surface area is 151 Å². The molecule has 0 atom stereocenters. The summed E-state index contributed by atoms with van der Waals surface area (Å²) in [5.41, 5.74) is 9.27. The van der Waals surface area contributed by atoms with E-state index in [9.17, 15) is 4.79 Å². The third kappa shape index (κ3) is 3.66.